The summed E-state index contributed by atoms with van der Waals surface area (Å²) in [4.78, 5) is 39.3. The van der Waals surface area contributed by atoms with Crippen molar-refractivity contribution < 1.29 is 18.3 Å². The molecule has 0 bridgehead atoms. The number of ether oxygens (including phenoxy) is 1. The van der Waals surface area contributed by atoms with Crippen LogP contribution in [0.4, 0.5) is 8.78 Å². The summed E-state index contributed by atoms with van der Waals surface area (Å²) in [5, 5.41) is 2.77. The van der Waals surface area contributed by atoms with Gasteiger partial charge in [0.25, 0.3) is 5.56 Å². The van der Waals surface area contributed by atoms with E-state index < -0.39 is 30.3 Å². The summed E-state index contributed by atoms with van der Waals surface area (Å²) in [6.45, 7) is -3.65. The number of nitrogens with zero attached hydrogens (tertiary/aromatic N) is 1. The number of H-pyrrole nitrogens is 1. The molecule has 2 aromatic carbocycles. The van der Waals surface area contributed by atoms with E-state index in [1.54, 1.807) is 18.2 Å². The lowest BCUT2D eigenvalue weighted by Gasteiger charge is -2.12. The first-order chi connectivity index (χ1) is 13.3. The molecule has 0 saturated heterocycles. The number of nitrogens with one attached hydrogen (secondary N) is 2. The smallest absolute Gasteiger partial charge is 0.387 e. The van der Waals surface area contributed by atoms with E-state index in [-0.39, 0.29) is 17.7 Å². The zero-order valence-corrected chi connectivity index (χ0v) is 15.8. The van der Waals surface area contributed by atoms with Gasteiger partial charge in [-0.1, -0.05) is 28.1 Å². The molecule has 0 radical (unpaired) electrons. The van der Waals surface area contributed by atoms with Crippen LogP contribution in [0.2, 0.25) is 0 Å². The number of carbonyl (C=O) groups is 1. The Balaban J connectivity index is 1.77. The number of hydrogen-bond donors (Lipinski definition) is 2. The van der Waals surface area contributed by atoms with Crippen molar-refractivity contribution in [3.05, 3.63) is 73.3 Å². The van der Waals surface area contributed by atoms with Crippen LogP contribution < -0.4 is 21.3 Å². The molecule has 0 saturated carbocycles. The van der Waals surface area contributed by atoms with Gasteiger partial charge in [0.1, 0.15) is 12.3 Å². The molecule has 3 rings (SSSR count). The van der Waals surface area contributed by atoms with E-state index >= 15 is 0 Å². The molecule has 0 spiro atoms. The Morgan fingerprint density at radius 1 is 1.21 bits per heavy atom. The number of aromatic amines is 1. The fraction of sp³-hybridized carbons (Fsp3) is 0.167. The van der Waals surface area contributed by atoms with E-state index in [0.717, 1.165) is 4.57 Å². The normalized spacial score (nSPS) is 11.0. The van der Waals surface area contributed by atoms with Gasteiger partial charge in [0.15, 0.2) is 0 Å². The Morgan fingerprint density at radius 3 is 2.71 bits per heavy atom. The minimum Gasteiger partial charge on any atom is -0.434 e. The second kappa shape index (κ2) is 8.34. The number of amides is 1. The Hall–Kier alpha value is -3.01. The Bertz CT molecular complexity index is 1140. The molecule has 0 fully saturated rings. The SMILES string of the molecule is O=C(Cn1c(=O)[nH]c2ccccc2c1=O)NCc1cc(Br)ccc1OC(F)F. The predicted octanol–water partition coefficient (Wildman–Crippen LogP) is 2.37. The van der Waals surface area contributed by atoms with Crippen LogP contribution in [0.25, 0.3) is 10.9 Å². The maximum Gasteiger partial charge on any atom is 0.387 e. The third-order valence-corrected chi connectivity index (χ3v) is 4.40. The molecule has 0 aliphatic carbocycles. The fourth-order valence-corrected chi connectivity index (χ4v) is 3.04. The first-order valence-electron chi connectivity index (χ1n) is 8.07. The molecular formula is C18H14BrF2N3O4. The average molecular weight is 454 g/mol. The van der Waals surface area contributed by atoms with Gasteiger partial charge in [0.2, 0.25) is 5.91 Å². The Kier molecular flexibility index (Phi) is 5.88. The number of carbonyl (C=O) groups excluding carboxylic acids is 1. The lowest BCUT2D eigenvalue weighted by molar-refractivity contribution is -0.121. The highest BCUT2D eigenvalue weighted by atomic mass is 79.9. The number of para-hydroxylation sites is 1. The maximum atomic E-state index is 12.5. The summed E-state index contributed by atoms with van der Waals surface area (Å²) in [5.41, 5.74) is -0.637. The van der Waals surface area contributed by atoms with Crippen LogP contribution in [0.3, 0.4) is 0 Å². The first-order valence-corrected chi connectivity index (χ1v) is 8.86. The van der Waals surface area contributed by atoms with Crippen molar-refractivity contribution in [2.24, 2.45) is 0 Å². The van der Waals surface area contributed by atoms with Gasteiger partial charge in [0.05, 0.1) is 10.9 Å². The molecular weight excluding hydrogens is 440 g/mol. The number of halogens is 3. The van der Waals surface area contributed by atoms with Gasteiger partial charge in [0, 0.05) is 16.6 Å². The van der Waals surface area contributed by atoms with Crippen molar-refractivity contribution in [2.75, 3.05) is 0 Å². The van der Waals surface area contributed by atoms with Crippen LogP contribution in [-0.4, -0.2) is 22.1 Å². The molecule has 0 aliphatic rings. The summed E-state index contributed by atoms with van der Waals surface area (Å²) < 4.78 is 30.8. The molecule has 0 atom stereocenters. The van der Waals surface area contributed by atoms with Crippen molar-refractivity contribution in [3.8, 4) is 5.75 Å². The van der Waals surface area contributed by atoms with Crippen molar-refractivity contribution in [1.29, 1.82) is 0 Å². The molecule has 1 aromatic heterocycles. The molecule has 28 heavy (non-hydrogen) atoms. The summed E-state index contributed by atoms with van der Waals surface area (Å²) in [6.07, 6.45) is 0. The number of benzene rings is 2. The van der Waals surface area contributed by atoms with Crippen molar-refractivity contribution in [3.63, 3.8) is 0 Å². The van der Waals surface area contributed by atoms with Crippen LogP contribution in [-0.2, 0) is 17.9 Å². The van der Waals surface area contributed by atoms with E-state index in [2.05, 4.69) is 31.0 Å². The van der Waals surface area contributed by atoms with Crippen molar-refractivity contribution in [1.82, 2.24) is 14.9 Å². The summed E-state index contributed by atoms with van der Waals surface area (Å²) >= 11 is 3.22. The quantitative estimate of drug-likeness (QED) is 0.599. The molecule has 7 nitrogen and oxygen atoms in total. The Morgan fingerprint density at radius 2 is 1.96 bits per heavy atom. The summed E-state index contributed by atoms with van der Waals surface area (Å²) in [7, 11) is 0. The molecule has 1 amide bonds. The van der Waals surface area contributed by atoms with Crippen molar-refractivity contribution >= 4 is 32.7 Å². The number of aromatic nitrogens is 2. The van der Waals surface area contributed by atoms with E-state index in [4.69, 9.17) is 0 Å². The number of hydrogen-bond acceptors (Lipinski definition) is 4. The largest absolute Gasteiger partial charge is 0.434 e. The highest BCUT2D eigenvalue weighted by Gasteiger charge is 2.14. The number of alkyl halides is 2. The first kappa shape index (κ1) is 19.7. The lowest BCUT2D eigenvalue weighted by Crippen LogP contribution is -2.40. The van der Waals surface area contributed by atoms with Gasteiger partial charge >= 0.3 is 12.3 Å². The molecule has 146 valence electrons. The minimum absolute atomic E-state index is 0.0841. The molecule has 0 aliphatic heterocycles. The monoisotopic (exact) mass is 453 g/mol. The summed E-state index contributed by atoms with van der Waals surface area (Å²) in [5.74, 6) is -0.718. The van der Waals surface area contributed by atoms with Crippen LogP contribution in [0.5, 0.6) is 5.75 Å². The fourth-order valence-electron chi connectivity index (χ4n) is 2.63. The third-order valence-electron chi connectivity index (χ3n) is 3.91. The van der Waals surface area contributed by atoms with Gasteiger partial charge in [-0.25, -0.2) is 4.79 Å². The van der Waals surface area contributed by atoms with Gasteiger partial charge in [-0.3, -0.25) is 14.2 Å². The third kappa shape index (κ3) is 4.45. The lowest BCUT2D eigenvalue weighted by atomic mass is 10.2. The molecule has 10 heteroatoms. The van der Waals surface area contributed by atoms with E-state index in [9.17, 15) is 23.2 Å². The second-order valence-electron chi connectivity index (χ2n) is 5.77. The van der Waals surface area contributed by atoms with Gasteiger partial charge < -0.3 is 15.0 Å². The minimum atomic E-state index is -3.01. The van der Waals surface area contributed by atoms with Crippen LogP contribution in [0.1, 0.15) is 5.56 Å². The zero-order chi connectivity index (χ0) is 20.3. The topological polar surface area (TPSA) is 93.2 Å². The van der Waals surface area contributed by atoms with Crippen LogP contribution in [0.15, 0.2) is 56.5 Å². The average Bonchev–Trinajstić information content (AvgIpc) is 2.65. The highest BCUT2D eigenvalue weighted by Crippen LogP contribution is 2.24. The van der Waals surface area contributed by atoms with Crippen LogP contribution >= 0.6 is 15.9 Å². The van der Waals surface area contributed by atoms with Crippen LogP contribution in [0, 0.1) is 0 Å². The predicted molar refractivity (Wildman–Crippen MR) is 101 cm³/mol. The molecule has 0 unspecified atom stereocenters. The second-order valence-corrected chi connectivity index (χ2v) is 6.69. The highest BCUT2D eigenvalue weighted by molar-refractivity contribution is 9.10. The number of fused-ring (bicyclic) bond motifs is 1. The molecule has 3 aromatic rings. The van der Waals surface area contributed by atoms with Gasteiger partial charge in [-0.15, -0.1) is 0 Å². The molecule has 1 heterocycles. The number of rotatable bonds is 6. The Labute approximate surface area is 165 Å². The van der Waals surface area contributed by atoms with E-state index in [1.165, 1.54) is 24.3 Å². The van der Waals surface area contributed by atoms with Crippen molar-refractivity contribution in [2.45, 2.75) is 19.7 Å². The zero-order valence-electron chi connectivity index (χ0n) is 14.2. The van der Waals surface area contributed by atoms with Gasteiger partial charge in [-0.05, 0) is 30.3 Å². The van der Waals surface area contributed by atoms with E-state index in [1.807, 2.05) is 0 Å². The van der Waals surface area contributed by atoms with E-state index in [0.29, 0.717) is 15.6 Å². The van der Waals surface area contributed by atoms with Gasteiger partial charge in [-0.2, -0.15) is 8.78 Å². The summed E-state index contributed by atoms with van der Waals surface area (Å²) in [6, 6.07) is 10.8. The maximum absolute atomic E-state index is 12.5. The molecule has 2 N–H and O–H groups in total. The standard InChI is InChI=1S/C18H14BrF2N3O4/c19-11-5-6-14(28-17(20)21)10(7-11)8-22-15(25)9-24-16(26)12-3-1-2-4-13(12)23-18(24)27/h1-7,17H,8-9H2,(H,22,25)(H,23,27).